The summed E-state index contributed by atoms with van der Waals surface area (Å²) in [6.07, 6.45) is 1.41. The van der Waals surface area contributed by atoms with Crippen molar-refractivity contribution in [3.63, 3.8) is 0 Å². The first kappa shape index (κ1) is 10.4. The molecule has 5 heteroatoms. The van der Waals surface area contributed by atoms with Crippen LogP contribution in [0.2, 0.25) is 0 Å². The normalized spacial score (nSPS) is 9.71. The fourth-order valence-corrected chi connectivity index (χ4v) is 1.06. The van der Waals surface area contributed by atoms with Crippen molar-refractivity contribution in [3.05, 3.63) is 22.4 Å². The second kappa shape index (κ2) is 4.04. The Morgan fingerprint density at radius 3 is 2.71 bits per heavy atom. The highest BCUT2D eigenvalue weighted by molar-refractivity contribution is 5.73. The molecule has 2 aromatic rings. The Bertz CT molecular complexity index is 484. The molecule has 0 aliphatic rings. The van der Waals surface area contributed by atoms with Crippen molar-refractivity contribution in [1.82, 2.24) is 14.7 Å². The van der Waals surface area contributed by atoms with Crippen molar-refractivity contribution in [1.29, 1.82) is 0 Å². The maximum Gasteiger partial charge on any atom is 0.266 e. The lowest BCUT2D eigenvalue weighted by molar-refractivity contribution is 0.442. The van der Waals surface area contributed by atoms with E-state index in [0.717, 1.165) is 0 Å². The van der Waals surface area contributed by atoms with Crippen molar-refractivity contribution < 1.29 is 4.52 Å². The molecule has 2 heterocycles. The lowest BCUT2D eigenvalue weighted by atomic mass is 10.3. The highest BCUT2D eigenvalue weighted by atomic mass is 16.5. The van der Waals surface area contributed by atoms with E-state index in [1.165, 1.54) is 10.9 Å². The molecule has 2 aromatic heterocycles. The molecule has 0 unspecified atom stereocenters. The number of aromatic nitrogens is 3. The van der Waals surface area contributed by atoms with Crippen molar-refractivity contribution >= 4 is 11.1 Å². The lowest BCUT2D eigenvalue weighted by Crippen LogP contribution is -2.16. The van der Waals surface area contributed by atoms with Gasteiger partial charge in [-0.15, -0.1) is 0 Å². The molecule has 2 rings (SSSR count). The summed E-state index contributed by atoms with van der Waals surface area (Å²) in [6, 6.07) is 0. The molecule has 76 valence electrons. The van der Waals surface area contributed by atoms with Crippen LogP contribution < -0.4 is 5.56 Å². The van der Waals surface area contributed by atoms with Crippen LogP contribution in [0.1, 0.15) is 19.5 Å². The summed E-state index contributed by atoms with van der Waals surface area (Å²) in [5.74, 6) is 0. The molecule has 0 fully saturated rings. The van der Waals surface area contributed by atoms with Crippen LogP contribution >= 0.6 is 0 Å². The summed E-state index contributed by atoms with van der Waals surface area (Å²) in [5, 5.41) is 4.11. The minimum atomic E-state index is -0.126. The van der Waals surface area contributed by atoms with Crippen LogP contribution in [0.15, 0.2) is 15.6 Å². The molecule has 5 nitrogen and oxygen atoms in total. The Kier molecular flexibility index (Phi) is 3.01. The Morgan fingerprint density at radius 1 is 1.43 bits per heavy atom. The quantitative estimate of drug-likeness (QED) is 0.634. The fraction of sp³-hybridized carbons (Fsp3) is 0.444. The zero-order valence-corrected chi connectivity index (χ0v) is 8.74. The molecule has 0 saturated carbocycles. The second-order valence-electron chi connectivity index (χ2n) is 2.61. The van der Waals surface area contributed by atoms with E-state index in [0.29, 0.717) is 16.8 Å². The molecule has 0 spiro atoms. The summed E-state index contributed by atoms with van der Waals surface area (Å²) in [7, 11) is 1.64. The topological polar surface area (TPSA) is 60.9 Å². The van der Waals surface area contributed by atoms with E-state index in [1.54, 1.807) is 14.0 Å². The summed E-state index contributed by atoms with van der Waals surface area (Å²) in [4.78, 5) is 15.3. The fourth-order valence-electron chi connectivity index (χ4n) is 1.06. The summed E-state index contributed by atoms with van der Waals surface area (Å²) >= 11 is 0. The number of nitrogens with zero attached hydrogens (tertiary/aromatic N) is 3. The van der Waals surface area contributed by atoms with Gasteiger partial charge in [-0.25, -0.2) is 4.98 Å². The molecule has 0 atom stereocenters. The largest absolute Gasteiger partial charge is 0.335 e. The van der Waals surface area contributed by atoms with E-state index in [1.807, 2.05) is 13.8 Å². The Hall–Kier alpha value is -1.65. The van der Waals surface area contributed by atoms with Crippen LogP contribution in [0, 0.1) is 6.92 Å². The van der Waals surface area contributed by atoms with Crippen LogP contribution in [0.25, 0.3) is 11.1 Å². The second-order valence-corrected chi connectivity index (χ2v) is 2.61. The number of hydrogen-bond donors (Lipinski definition) is 0. The first-order valence-corrected chi connectivity index (χ1v) is 4.48. The maximum absolute atomic E-state index is 11.4. The third-order valence-corrected chi connectivity index (χ3v) is 1.73. The monoisotopic (exact) mass is 195 g/mol. The molecule has 0 aliphatic heterocycles. The van der Waals surface area contributed by atoms with Gasteiger partial charge in [0.2, 0.25) is 0 Å². The summed E-state index contributed by atoms with van der Waals surface area (Å²) < 4.78 is 6.21. The number of rotatable bonds is 0. The molecule has 0 aromatic carbocycles. The molecule has 0 bridgehead atoms. The highest BCUT2D eigenvalue weighted by Crippen LogP contribution is 2.08. The zero-order chi connectivity index (χ0) is 10.7. The van der Waals surface area contributed by atoms with Gasteiger partial charge in [-0.1, -0.05) is 19.0 Å². The number of aryl methyl sites for hydroxylation is 2. The van der Waals surface area contributed by atoms with Gasteiger partial charge in [-0.2, -0.15) is 0 Å². The van der Waals surface area contributed by atoms with Gasteiger partial charge in [-0.05, 0) is 6.92 Å². The summed E-state index contributed by atoms with van der Waals surface area (Å²) in [5.41, 5.74) is 0.757. The number of hydrogen-bond acceptors (Lipinski definition) is 4. The molecule has 0 N–H and O–H groups in total. The van der Waals surface area contributed by atoms with Crippen LogP contribution in [-0.4, -0.2) is 14.7 Å². The average molecular weight is 195 g/mol. The van der Waals surface area contributed by atoms with Crippen molar-refractivity contribution in [2.75, 3.05) is 0 Å². The van der Waals surface area contributed by atoms with Gasteiger partial charge in [0.25, 0.3) is 11.3 Å². The van der Waals surface area contributed by atoms with E-state index in [4.69, 9.17) is 4.52 Å². The first-order chi connectivity index (χ1) is 6.70. The van der Waals surface area contributed by atoms with Crippen LogP contribution in [0.3, 0.4) is 0 Å². The third kappa shape index (κ3) is 1.53. The van der Waals surface area contributed by atoms with Crippen molar-refractivity contribution in [2.24, 2.45) is 7.05 Å². The van der Waals surface area contributed by atoms with Crippen LogP contribution in [0.5, 0.6) is 0 Å². The summed E-state index contributed by atoms with van der Waals surface area (Å²) in [6.45, 7) is 5.72. The Balaban J connectivity index is 0.000000461. The molecule has 14 heavy (non-hydrogen) atoms. The predicted octanol–water partition coefficient (Wildman–Crippen LogP) is 1.26. The van der Waals surface area contributed by atoms with E-state index >= 15 is 0 Å². The standard InChI is InChI=1S/C7H7N3O2.C2H6/c1-4-5-6(12-9-4)8-3-10(2)7(5)11;1-2/h3H,1-2H3;1-2H3. The molecular formula is C9H13N3O2. The van der Waals surface area contributed by atoms with E-state index in [-0.39, 0.29) is 5.56 Å². The zero-order valence-electron chi connectivity index (χ0n) is 8.74. The highest BCUT2D eigenvalue weighted by Gasteiger charge is 2.09. The van der Waals surface area contributed by atoms with Gasteiger partial charge in [-0.3, -0.25) is 4.79 Å². The van der Waals surface area contributed by atoms with Crippen molar-refractivity contribution in [2.45, 2.75) is 20.8 Å². The Morgan fingerprint density at radius 2 is 2.07 bits per heavy atom. The smallest absolute Gasteiger partial charge is 0.266 e. The van der Waals surface area contributed by atoms with Gasteiger partial charge in [0.15, 0.2) is 0 Å². The van der Waals surface area contributed by atoms with Gasteiger partial charge in [0.1, 0.15) is 11.7 Å². The van der Waals surface area contributed by atoms with E-state index in [9.17, 15) is 4.79 Å². The molecular weight excluding hydrogens is 182 g/mol. The van der Waals surface area contributed by atoms with Gasteiger partial charge in [0.05, 0.1) is 5.69 Å². The SMILES string of the molecule is CC.Cc1noc2ncn(C)c(=O)c12. The van der Waals surface area contributed by atoms with Gasteiger partial charge < -0.3 is 9.09 Å². The average Bonchev–Trinajstić information content (AvgIpc) is 2.58. The maximum atomic E-state index is 11.4. The lowest BCUT2D eigenvalue weighted by Gasteiger charge is -1.92. The van der Waals surface area contributed by atoms with E-state index in [2.05, 4.69) is 10.1 Å². The molecule has 0 saturated heterocycles. The molecule has 0 amide bonds. The van der Waals surface area contributed by atoms with Crippen LogP contribution in [-0.2, 0) is 7.05 Å². The van der Waals surface area contributed by atoms with E-state index < -0.39 is 0 Å². The minimum Gasteiger partial charge on any atom is -0.335 e. The molecule has 0 radical (unpaired) electrons. The minimum absolute atomic E-state index is 0.126. The number of fused-ring (bicyclic) bond motifs is 1. The third-order valence-electron chi connectivity index (χ3n) is 1.73. The van der Waals surface area contributed by atoms with Gasteiger partial charge >= 0.3 is 0 Å². The Labute approximate surface area is 81.4 Å². The van der Waals surface area contributed by atoms with Crippen LogP contribution in [0.4, 0.5) is 0 Å². The van der Waals surface area contributed by atoms with Crippen molar-refractivity contribution in [3.8, 4) is 0 Å². The molecule has 0 aliphatic carbocycles. The first-order valence-electron chi connectivity index (χ1n) is 4.48. The predicted molar refractivity (Wildman–Crippen MR) is 53.1 cm³/mol. The van der Waals surface area contributed by atoms with Gasteiger partial charge in [0, 0.05) is 7.05 Å².